The summed E-state index contributed by atoms with van der Waals surface area (Å²) in [6, 6.07) is 0. The van der Waals surface area contributed by atoms with Crippen LogP contribution < -0.4 is 0 Å². The predicted molar refractivity (Wildman–Crippen MR) is 62.4 cm³/mol. The molecule has 0 rings (SSSR count). The highest BCUT2D eigenvalue weighted by atomic mass is 32.1. The molecule has 13 heavy (non-hydrogen) atoms. The van der Waals surface area contributed by atoms with Crippen molar-refractivity contribution in [1.82, 2.24) is 0 Å². The van der Waals surface area contributed by atoms with Gasteiger partial charge in [-0.1, -0.05) is 52.4 Å². The van der Waals surface area contributed by atoms with Gasteiger partial charge in [0.15, 0.2) is 5.05 Å². The maximum Gasteiger partial charge on any atom is 0.159 e. The summed E-state index contributed by atoms with van der Waals surface area (Å²) in [6.45, 7) is 4.22. The summed E-state index contributed by atoms with van der Waals surface area (Å²) >= 11 is 4.69. The highest BCUT2D eigenvalue weighted by molar-refractivity contribution is 7.80. The molecule has 0 aromatic heterocycles. The number of aliphatic hydroxyl groups excluding tert-OH is 1. The van der Waals surface area contributed by atoms with E-state index in [0.717, 1.165) is 6.42 Å². The summed E-state index contributed by atoms with van der Waals surface area (Å²) < 4.78 is 0. The summed E-state index contributed by atoms with van der Waals surface area (Å²) in [5.74, 6) is 0.209. The number of aliphatic hydroxyl groups is 1. The van der Waals surface area contributed by atoms with Crippen molar-refractivity contribution < 1.29 is 5.11 Å². The Hall–Kier alpha value is -0.110. The Kier molecular flexibility index (Phi) is 8.41. The van der Waals surface area contributed by atoms with E-state index in [1.807, 2.05) is 6.92 Å². The van der Waals surface area contributed by atoms with E-state index in [9.17, 15) is 0 Å². The van der Waals surface area contributed by atoms with Crippen LogP contribution in [0.3, 0.4) is 0 Å². The molecule has 0 saturated carbocycles. The first-order valence-electron chi connectivity index (χ1n) is 5.41. The van der Waals surface area contributed by atoms with Crippen LogP contribution in [0.4, 0.5) is 0 Å². The predicted octanol–water partition coefficient (Wildman–Crippen LogP) is 4.26. The van der Waals surface area contributed by atoms with Crippen LogP contribution in [0.25, 0.3) is 0 Å². The fourth-order valence-corrected chi connectivity index (χ4v) is 1.47. The van der Waals surface area contributed by atoms with E-state index in [1.54, 1.807) is 0 Å². The SMILES string of the molecule is CCCCCCCCC(C)C(O)=S. The molecule has 0 aliphatic carbocycles. The summed E-state index contributed by atoms with van der Waals surface area (Å²) in [5.41, 5.74) is 0. The van der Waals surface area contributed by atoms with Crippen molar-refractivity contribution in [3.05, 3.63) is 0 Å². The largest absolute Gasteiger partial charge is 0.502 e. The number of thiocarbonyl (C=S) groups is 1. The molecule has 78 valence electrons. The molecule has 1 N–H and O–H groups in total. The molecule has 0 aliphatic heterocycles. The van der Waals surface area contributed by atoms with Gasteiger partial charge in [-0.25, -0.2) is 0 Å². The molecule has 0 aromatic carbocycles. The summed E-state index contributed by atoms with van der Waals surface area (Å²) in [6.07, 6.45) is 8.87. The molecule has 0 bridgehead atoms. The lowest BCUT2D eigenvalue weighted by atomic mass is 10.0. The van der Waals surface area contributed by atoms with Gasteiger partial charge in [-0.15, -0.1) is 0 Å². The Morgan fingerprint density at radius 3 is 2.23 bits per heavy atom. The average Bonchev–Trinajstić information content (AvgIpc) is 2.10. The molecule has 1 unspecified atom stereocenters. The first kappa shape index (κ1) is 12.9. The second kappa shape index (κ2) is 8.49. The fraction of sp³-hybridized carbons (Fsp3) is 0.909. The molecular weight excluding hydrogens is 180 g/mol. The van der Waals surface area contributed by atoms with Crippen LogP contribution in [0.2, 0.25) is 0 Å². The molecule has 0 saturated heterocycles. The molecule has 0 aliphatic rings. The number of hydrogen-bond acceptors (Lipinski definition) is 1. The maximum atomic E-state index is 8.99. The van der Waals surface area contributed by atoms with Gasteiger partial charge in [0.05, 0.1) is 0 Å². The summed E-state index contributed by atoms with van der Waals surface area (Å²) in [4.78, 5) is 0. The van der Waals surface area contributed by atoms with E-state index in [2.05, 4.69) is 6.92 Å². The molecule has 2 heteroatoms. The summed E-state index contributed by atoms with van der Waals surface area (Å²) in [7, 11) is 0. The highest BCUT2D eigenvalue weighted by Gasteiger charge is 2.05. The maximum absolute atomic E-state index is 8.99. The van der Waals surface area contributed by atoms with Crippen molar-refractivity contribution in [3.8, 4) is 0 Å². The molecular formula is C11H22OS. The fourth-order valence-electron chi connectivity index (χ4n) is 1.35. The molecule has 1 nitrogen and oxygen atoms in total. The van der Waals surface area contributed by atoms with Crippen LogP contribution in [0.15, 0.2) is 0 Å². The topological polar surface area (TPSA) is 20.2 Å². The number of unbranched alkanes of at least 4 members (excludes halogenated alkanes) is 5. The third-order valence-corrected chi connectivity index (χ3v) is 2.81. The first-order chi connectivity index (χ1) is 6.18. The van der Waals surface area contributed by atoms with Crippen LogP contribution in [0, 0.1) is 5.92 Å². The average molecular weight is 202 g/mol. The molecule has 0 heterocycles. The van der Waals surface area contributed by atoms with E-state index in [4.69, 9.17) is 17.3 Å². The third-order valence-electron chi connectivity index (χ3n) is 2.41. The number of rotatable bonds is 8. The van der Waals surface area contributed by atoms with Gasteiger partial charge >= 0.3 is 0 Å². The van der Waals surface area contributed by atoms with Crippen molar-refractivity contribution in [2.24, 2.45) is 5.92 Å². The van der Waals surface area contributed by atoms with Crippen LogP contribution in [-0.2, 0) is 0 Å². The Morgan fingerprint density at radius 1 is 1.15 bits per heavy atom. The van der Waals surface area contributed by atoms with E-state index >= 15 is 0 Å². The van der Waals surface area contributed by atoms with Gasteiger partial charge in [-0.05, 0) is 18.6 Å². The standard InChI is InChI=1S/C11H22OS/c1-3-4-5-6-7-8-9-10(2)11(12)13/h10H,3-9H2,1-2H3,(H,12,13). The number of hydrogen-bond donors (Lipinski definition) is 1. The van der Waals surface area contributed by atoms with E-state index < -0.39 is 0 Å². The Labute approximate surface area is 87.5 Å². The molecule has 1 atom stereocenters. The molecule has 0 radical (unpaired) electrons. The lowest BCUT2D eigenvalue weighted by Gasteiger charge is -2.07. The highest BCUT2D eigenvalue weighted by Crippen LogP contribution is 2.12. The lowest BCUT2D eigenvalue weighted by Crippen LogP contribution is -2.06. The van der Waals surface area contributed by atoms with Crippen molar-refractivity contribution >= 4 is 17.3 Å². The van der Waals surface area contributed by atoms with Gasteiger partial charge in [-0.2, -0.15) is 0 Å². The van der Waals surface area contributed by atoms with Crippen molar-refractivity contribution in [3.63, 3.8) is 0 Å². The smallest absolute Gasteiger partial charge is 0.159 e. The van der Waals surface area contributed by atoms with E-state index in [1.165, 1.54) is 38.5 Å². The monoisotopic (exact) mass is 202 g/mol. The van der Waals surface area contributed by atoms with Gasteiger partial charge < -0.3 is 5.11 Å². The van der Waals surface area contributed by atoms with Crippen molar-refractivity contribution in [2.75, 3.05) is 0 Å². The van der Waals surface area contributed by atoms with Gasteiger partial charge in [0, 0.05) is 5.92 Å². The lowest BCUT2D eigenvalue weighted by molar-refractivity contribution is 0.477. The van der Waals surface area contributed by atoms with Crippen LogP contribution >= 0.6 is 12.2 Å². The minimum absolute atomic E-state index is 0.175. The minimum atomic E-state index is 0.175. The first-order valence-corrected chi connectivity index (χ1v) is 5.82. The van der Waals surface area contributed by atoms with Gasteiger partial charge in [0.25, 0.3) is 0 Å². The quantitative estimate of drug-likeness (QED) is 0.469. The van der Waals surface area contributed by atoms with Crippen LogP contribution in [0.1, 0.15) is 58.8 Å². The van der Waals surface area contributed by atoms with Gasteiger partial charge in [0.1, 0.15) is 0 Å². The molecule has 0 aromatic rings. The third kappa shape index (κ3) is 8.23. The van der Waals surface area contributed by atoms with E-state index in [0.29, 0.717) is 0 Å². The second-order valence-corrected chi connectivity index (χ2v) is 4.21. The zero-order valence-electron chi connectivity index (χ0n) is 8.88. The second-order valence-electron chi connectivity index (χ2n) is 3.80. The normalized spacial score (nSPS) is 12.8. The Morgan fingerprint density at radius 2 is 1.69 bits per heavy atom. The van der Waals surface area contributed by atoms with Crippen molar-refractivity contribution in [2.45, 2.75) is 58.8 Å². The van der Waals surface area contributed by atoms with E-state index in [-0.39, 0.29) is 11.0 Å². The van der Waals surface area contributed by atoms with Crippen molar-refractivity contribution in [1.29, 1.82) is 0 Å². The van der Waals surface area contributed by atoms with Gasteiger partial charge in [0.2, 0.25) is 0 Å². The Bertz CT molecular complexity index is 134. The molecule has 0 spiro atoms. The van der Waals surface area contributed by atoms with Crippen LogP contribution in [-0.4, -0.2) is 10.2 Å². The molecule has 0 fully saturated rings. The zero-order valence-corrected chi connectivity index (χ0v) is 9.70. The molecule has 0 amide bonds. The van der Waals surface area contributed by atoms with Crippen LogP contribution in [0.5, 0.6) is 0 Å². The summed E-state index contributed by atoms with van der Waals surface area (Å²) in [5, 5.41) is 9.17. The Balaban J connectivity index is 3.11. The minimum Gasteiger partial charge on any atom is -0.502 e. The van der Waals surface area contributed by atoms with Gasteiger partial charge in [-0.3, -0.25) is 0 Å². The zero-order chi connectivity index (χ0) is 10.1.